The van der Waals surface area contributed by atoms with Crippen LogP contribution in [0.25, 0.3) is 0 Å². The zero-order valence-corrected chi connectivity index (χ0v) is 16.1. The fraction of sp³-hybridized carbons (Fsp3) is 0.706. The number of ether oxygens (including phenoxy) is 1. The number of nitrogens with zero attached hydrogens (tertiary/aromatic N) is 4. The third kappa shape index (κ3) is 4.95. The van der Waals surface area contributed by atoms with Gasteiger partial charge in [-0.3, -0.25) is 14.3 Å². The number of hydroxylamine groups is 2. The molecule has 1 aliphatic heterocycles. The first-order valence-corrected chi connectivity index (χ1v) is 8.63. The van der Waals surface area contributed by atoms with Crippen molar-refractivity contribution < 1.29 is 24.3 Å². The van der Waals surface area contributed by atoms with Gasteiger partial charge < -0.3 is 14.7 Å². The van der Waals surface area contributed by atoms with Crippen molar-refractivity contribution in [2.24, 2.45) is 0 Å². The predicted molar refractivity (Wildman–Crippen MR) is 93.1 cm³/mol. The van der Waals surface area contributed by atoms with Gasteiger partial charge in [-0.2, -0.15) is 5.10 Å². The molecule has 1 unspecified atom stereocenters. The van der Waals surface area contributed by atoms with Crippen LogP contribution in [-0.4, -0.2) is 69.3 Å². The number of carbonyl (C=O) groups excluding carboxylic acids is 2. The second kappa shape index (κ2) is 8.05. The van der Waals surface area contributed by atoms with E-state index >= 15 is 0 Å². The van der Waals surface area contributed by atoms with Crippen LogP contribution in [0.3, 0.4) is 0 Å². The van der Waals surface area contributed by atoms with Gasteiger partial charge in [-0.1, -0.05) is 0 Å². The van der Waals surface area contributed by atoms with Gasteiger partial charge >= 0.3 is 6.09 Å². The fourth-order valence-corrected chi connectivity index (χ4v) is 2.80. The molecule has 1 N–H and O–H groups in total. The Balaban J connectivity index is 2.10. The summed E-state index contributed by atoms with van der Waals surface area (Å²) in [7, 11) is 1.47. The molecule has 9 nitrogen and oxygen atoms in total. The molecule has 9 heteroatoms. The van der Waals surface area contributed by atoms with Crippen LogP contribution in [0.2, 0.25) is 0 Å². The third-order valence-corrected chi connectivity index (χ3v) is 4.08. The fourth-order valence-electron chi connectivity index (χ4n) is 2.80. The van der Waals surface area contributed by atoms with E-state index in [9.17, 15) is 14.7 Å². The maximum Gasteiger partial charge on any atom is 0.410 e. The predicted octanol–water partition coefficient (Wildman–Crippen LogP) is 0.865. The SMILES string of the molecule is Cc1c2c(nn1CC(CO)ON(C)C=O)CCN(C(=O)OC(C)(C)C)C2. The van der Waals surface area contributed by atoms with Crippen molar-refractivity contribution in [1.82, 2.24) is 19.7 Å². The van der Waals surface area contributed by atoms with Crippen molar-refractivity contribution in [1.29, 1.82) is 0 Å². The summed E-state index contributed by atoms with van der Waals surface area (Å²) < 4.78 is 7.20. The molecule has 2 amide bonds. The van der Waals surface area contributed by atoms with Crippen LogP contribution in [0.1, 0.15) is 37.7 Å². The standard InChI is InChI=1S/C17H28N4O5/c1-12-14-9-20(16(24)25-17(2,3)4)7-6-15(14)18-21(12)8-13(10-22)26-19(5)11-23/h11,13,22H,6-10H2,1-5H3. The van der Waals surface area contributed by atoms with Gasteiger partial charge in [0.15, 0.2) is 0 Å². The number of aliphatic hydroxyl groups excluding tert-OH is 1. The molecule has 0 spiro atoms. The van der Waals surface area contributed by atoms with E-state index in [0.29, 0.717) is 32.5 Å². The molecule has 2 heterocycles. The van der Waals surface area contributed by atoms with Crippen LogP contribution in [0.15, 0.2) is 0 Å². The Morgan fingerprint density at radius 3 is 2.73 bits per heavy atom. The quantitative estimate of drug-likeness (QED) is 0.591. The van der Waals surface area contributed by atoms with Crippen molar-refractivity contribution in [3.63, 3.8) is 0 Å². The van der Waals surface area contributed by atoms with Crippen molar-refractivity contribution in [3.8, 4) is 0 Å². The van der Waals surface area contributed by atoms with E-state index < -0.39 is 11.7 Å². The molecular weight excluding hydrogens is 340 g/mol. The molecule has 0 radical (unpaired) electrons. The minimum atomic E-state index is -0.591. The molecule has 0 aliphatic carbocycles. The Hall–Kier alpha value is -2.13. The van der Waals surface area contributed by atoms with Gasteiger partial charge in [-0.25, -0.2) is 9.86 Å². The van der Waals surface area contributed by atoms with Crippen molar-refractivity contribution in [2.75, 3.05) is 20.2 Å². The summed E-state index contributed by atoms with van der Waals surface area (Å²) in [5, 5.41) is 15.1. The van der Waals surface area contributed by atoms with Gasteiger partial charge in [0, 0.05) is 31.3 Å². The second-order valence-electron chi connectivity index (χ2n) is 7.41. The lowest BCUT2D eigenvalue weighted by atomic mass is 10.1. The molecular formula is C17H28N4O5. The van der Waals surface area contributed by atoms with E-state index in [1.54, 1.807) is 9.58 Å². The summed E-state index contributed by atoms with van der Waals surface area (Å²) in [5.41, 5.74) is 2.29. The molecule has 0 bridgehead atoms. The number of hydrogen-bond acceptors (Lipinski definition) is 6. The summed E-state index contributed by atoms with van der Waals surface area (Å²) in [6.45, 7) is 8.49. The highest BCUT2D eigenvalue weighted by molar-refractivity contribution is 5.68. The van der Waals surface area contributed by atoms with Gasteiger partial charge in [-0.05, 0) is 27.7 Å². The number of fused-ring (bicyclic) bond motifs is 1. The average molecular weight is 368 g/mol. The van der Waals surface area contributed by atoms with E-state index in [4.69, 9.17) is 9.57 Å². The summed E-state index contributed by atoms with van der Waals surface area (Å²) in [6, 6.07) is 0. The number of rotatable bonds is 6. The van der Waals surface area contributed by atoms with Crippen molar-refractivity contribution >= 4 is 12.5 Å². The Labute approximate surface area is 153 Å². The number of aromatic nitrogens is 2. The second-order valence-corrected chi connectivity index (χ2v) is 7.41. The lowest BCUT2D eigenvalue weighted by Crippen LogP contribution is -2.39. The summed E-state index contributed by atoms with van der Waals surface area (Å²) >= 11 is 0. The van der Waals surface area contributed by atoms with E-state index in [1.165, 1.54) is 7.05 Å². The number of amides is 2. The number of carbonyl (C=O) groups is 2. The zero-order valence-electron chi connectivity index (χ0n) is 16.1. The lowest BCUT2D eigenvalue weighted by Gasteiger charge is -2.29. The largest absolute Gasteiger partial charge is 0.444 e. The van der Waals surface area contributed by atoms with E-state index in [1.807, 2.05) is 27.7 Å². The molecule has 1 atom stereocenters. The van der Waals surface area contributed by atoms with Gasteiger partial charge in [0.05, 0.1) is 25.4 Å². The van der Waals surface area contributed by atoms with Gasteiger partial charge in [0.2, 0.25) is 6.41 Å². The molecule has 1 aromatic heterocycles. The van der Waals surface area contributed by atoms with Gasteiger partial charge in [0.1, 0.15) is 11.7 Å². The van der Waals surface area contributed by atoms with Gasteiger partial charge in [0.25, 0.3) is 0 Å². The Bertz CT molecular complexity index is 652. The molecule has 1 aromatic rings. The minimum absolute atomic E-state index is 0.244. The van der Waals surface area contributed by atoms with Crippen LogP contribution in [0.4, 0.5) is 4.79 Å². The maximum absolute atomic E-state index is 12.3. The van der Waals surface area contributed by atoms with E-state index in [2.05, 4.69) is 5.10 Å². The lowest BCUT2D eigenvalue weighted by molar-refractivity contribution is -0.192. The Morgan fingerprint density at radius 2 is 2.15 bits per heavy atom. The molecule has 0 aromatic carbocycles. The van der Waals surface area contributed by atoms with Crippen molar-refractivity contribution in [2.45, 2.75) is 58.9 Å². The third-order valence-electron chi connectivity index (χ3n) is 4.08. The summed E-state index contributed by atoms with van der Waals surface area (Å²) in [5.74, 6) is 0. The molecule has 146 valence electrons. The topological polar surface area (TPSA) is 97.1 Å². The highest BCUT2D eigenvalue weighted by Gasteiger charge is 2.29. The molecule has 1 aliphatic rings. The number of hydrogen-bond donors (Lipinski definition) is 1. The molecule has 0 saturated heterocycles. The highest BCUT2D eigenvalue weighted by atomic mass is 16.7. The van der Waals surface area contributed by atoms with Crippen LogP contribution in [0.5, 0.6) is 0 Å². The highest BCUT2D eigenvalue weighted by Crippen LogP contribution is 2.23. The molecule has 0 saturated carbocycles. The van der Waals surface area contributed by atoms with E-state index in [-0.39, 0.29) is 12.7 Å². The van der Waals surface area contributed by atoms with E-state index in [0.717, 1.165) is 22.0 Å². The average Bonchev–Trinajstić information content (AvgIpc) is 2.88. The first-order chi connectivity index (χ1) is 12.1. The Kier molecular flexibility index (Phi) is 6.25. The Morgan fingerprint density at radius 1 is 1.46 bits per heavy atom. The molecule has 26 heavy (non-hydrogen) atoms. The maximum atomic E-state index is 12.3. The number of aliphatic hydroxyl groups is 1. The first-order valence-electron chi connectivity index (χ1n) is 8.63. The normalized spacial score (nSPS) is 15.4. The monoisotopic (exact) mass is 368 g/mol. The van der Waals surface area contributed by atoms with Crippen LogP contribution in [-0.2, 0) is 33.9 Å². The summed E-state index contributed by atoms with van der Waals surface area (Å²) in [6.07, 6.45) is 0.246. The zero-order chi connectivity index (χ0) is 19.5. The summed E-state index contributed by atoms with van der Waals surface area (Å²) in [4.78, 5) is 30.0. The smallest absolute Gasteiger partial charge is 0.410 e. The molecule has 0 fully saturated rings. The molecule has 2 rings (SSSR count). The first kappa shape index (κ1) is 20.2. The minimum Gasteiger partial charge on any atom is -0.444 e. The van der Waals surface area contributed by atoms with Crippen molar-refractivity contribution in [3.05, 3.63) is 17.0 Å². The van der Waals surface area contributed by atoms with Crippen LogP contribution in [0, 0.1) is 6.92 Å². The van der Waals surface area contributed by atoms with Gasteiger partial charge in [-0.15, -0.1) is 0 Å². The van der Waals surface area contributed by atoms with Crippen LogP contribution < -0.4 is 0 Å². The van der Waals surface area contributed by atoms with Crippen LogP contribution >= 0.6 is 0 Å².